The molecule has 4 nitrogen and oxygen atoms in total. The van der Waals surface area contributed by atoms with Crippen LogP contribution in [0.1, 0.15) is 39.5 Å². The summed E-state index contributed by atoms with van der Waals surface area (Å²) >= 11 is 0. The minimum atomic E-state index is -0.671. The minimum Gasteiger partial charge on any atom is -0.480 e. The summed E-state index contributed by atoms with van der Waals surface area (Å²) in [5, 5.41) is 9.50. The second kappa shape index (κ2) is 5.64. The van der Waals surface area contributed by atoms with Crippen LogP contribution < -0.4 is 0 Å². The van der Waals surface area contributed by atoms with E-state index in [4.69, 9.17) is 4.74 Å². The van der Waals surface area contributed by atoms with E-state index in [0.29, 0.717) is 6.61 Å². The molecule has 1 N–H and O–H groups in total. The monoisotopic (exact) mass is 229 g/mol. The number of aliphatic carboxylic acids is 1. The van der Waals surface area contributed by atoms with E-state index in [9.17, 15) is 9.90 Å². The lowest BCUT2D eigenvalue weighted by molar-refractivity contribution is -0.152. The highest BCUT2D eigenvalue weighted by atomic mass is 16.5. The van der Waals surface area contributed by atoms with Crippen LogP contribution in [0.3, 0.4) is 0 Å². The smallest absolute Gasteiger partial charge is 0.324 e. The Hall–Kier alpha value is -0.610. The molecule has 0 aliphatic carbocycles. The van der Waals surface area contributed by atoms with Crippen LogP contribution in [0, 0.1) is 0 Å². The van der Waals surface area contributed by atoms with Crippen molar-refractivity contribution in [1.82, 2.24) is 4.90 Å². The van der Waals surface area contributed by atoms with Gasteiger partial charge in [-0.25, -0.2) is 0 Å². The predicted molar refractivity (Wildman–Crippen MR) is 62.6 cm³/mol. The maximum atomic E-state index is 11.6. The second-order valence-electron chi connectivity index (χ2n) is 4.69. The fourth-order valence-corrected chi connectivity index (χ4v) is 2.89. The lowest BCUT2D eigenvalue weighted by atomic mass is 9.90. The minimum absolute atomic E-state index is 0.176. The van der Waals surface area contributed by atoms with E-state index in [2.05, 4.69) is 4.90 Å². The number of likely N-dealkylation sites (tertiary alicyclic amines) is 1. The maximum Gasteiger partial charge on any atom is 0.324 e. The molecule has 0 aromatic rings. The van der Waals surface area contributed by atoms with Crippen LogP contribution in [0.15, 0.2) is 0 Å². The van der Waals surface area contributed by atoms with Gasteiger partial charge in [0, 0.05) is 13.2 Å². The molecule has 0 bridgehead atoms. The lowest BCUT2D eigenvalue weighted by Gasteiger charge is -2.38. The first-order valence-corrected chi connectivity index (χ1v) is 6.07. The fourth-order valence-electron chi connectivity index (χ4n) is 2.89. The van der Waals surface area contributed by atoms with Crippen LogP contribution in [0.25, 0.3) is 0 Å². The molecule has 1 saturated heterocycles. The standard InChI is InChI=1S/C12H23NO3/c1-4-6-12(11(14)15)7-5-8-13(12)10(2)9-16-3/h10H,4-9H2,1-3H3,(H,14,15). The summed E-state index contributed by atoms with van der Waals surface area (Å²) in [6.07, 6.45) is 3.38. The Balaban J connectivity index is 2.84. The Kier molecular flexibility index (Phi) is 4.74. The molecule has 0 saturated carbocycles. The fraction of sp³-hybridized carbons (Fsp3) is 0.917. The van der Waals surface area contributed by atoms with Crippen molar-refractivity contribution in [3.05, 3.63) is 0 Å². The van der Waals surface area contributed by atoms with Gasteiger partial charge in [0.05, 0.1) is 6.61 Å². The van der Waals surface area contributed by atoms with Gasteiger partial charge in [-0.3, -0.25) is 9.69 Å². The summed E-state index contributed by atoms with van der Waals surface area (Å²) in [6, 6.07) is 0.176. The zero-order chi connectivity index (χ0) is 12.2. The zero-order valence-electron chi connectivity index (χ0n) is 10.5. The highest BCUT2D eigenvalue weighted by Crippen LogP contribution is 2.35. The number of ether oxygens (including phenoxy) is 1. The number of hydrogen-bond acceptors (Lipinski definition) is 3. The molecule has 1 aliphatic heterocycles. The van der Waals surface area contributed by atoms with Gasteiger partial charge >= 0.3 is 5.97 Å². The highest BCUT2D eigenvalue weighted by Gasteiger charge is 2.48. The molecule has 16 heavy (non-hydrogen) atoms. The summed E-state index contributed by atoms with van der Waals surface area (Å²) in [4.78, 5) is 13.7. The quantitative estimate of drug-likeness (QED) is 0.753. The number of methoxy groups -OCH3 is 1. The van der Waals surface area contributed by atoms with Crippen molar-refractivity contribution < 1.29 is 14.6 Å². The molecule has 1 aliphatic rings. The number of carboxylic acids is 1. The molecule has 0 aromatic carbocycles. The van der Waals surface area contributed by atoms with E-state index in [1.54, 1.807) is 7.11 Å². The van der Waals surface area contributed by atoms with Crippen molar-refractivity contribution in [2.75, 3.05) is 20.3 Å². The number of carbonyl (C=O) groups is 1. The summed E-state index contributed by atoms with van der Waals surface area (Å²) < 4.78 is 5.13. The summed E-state index contributed by atoms with van der Waals surface area (Å²) in [5.74, 6) is -0.671. The molecule has 1 fully saturated rings. The molecule has 1 heterocycles. The third kappa shape index (κ3) is 2.38. The molecular weight excluding hydrogens is 206 g/mol. The number of hydrogen-bond donors (Lipinski definition) is 1. The van der Waals surface area contributed by atoms with Crippen LogP contribution in [-0.2, 0) is 9.53 Å². The van der Waals surface area contributed by atoms with Gasteiger partial charge in [-0.2, -0.15) is 0 Å². The van der Waals surface area contributed by atoms with Crippen molar-refractivity contribution >= 4 is 5.97 Å². The van der Waals surface area contributed by atoms with E-state index in [-0.39, 0.29) is 6.04 Å². The van der Waals surface area contributed by atoms with Gasteiger partial charge in [-0.15, -0.1) is 0 Å². The van der Waals surface area contributed by atoms with Crippen LogP contribution in [-0.4, -0.2) is 47.8 Å². The second-order valence-corrected chi connectivity index (χ2v) is 4.69. The Morgan fingerprint density at radius 3 is 2.81 bits per heavy atom. The van der Waals surface area contributed by atoms with E-state index in [1.165, 1.54) is 0 Å². The summed E-state index contributed by atoms with van der Waals surface area (Å²) in [6.45, 7) is 5.56. The predicted octanol–water partition coefficient (Wildman–Crippen LogP) is 1.74. The van der Waals surface area contributed by atoms with Crippen LogP contribution >= 0.6 is 0 Å². The third-order valence-electron chi connectivity index (χ3n) is 3.54. The topological polar surface area (TPSA) is 49.8 Å². The van der Waals surface area contributed by atoms with E-state index < -0.39 is 11.5 Å². The van der Waals surface area contributed by atoms with Crippen molar-refractivity contribution in [3.63, 3.8) is 0 Å². The van der Waals surface area contributed by atoms with Gasteiger partial charge in [-0.1, -0.05) is 13.3 Å². The molecule has 94 valence electrons. The summed E-state index contributed by atoms with van der Waals surface area (Å²) in [5.41, 5.74) is -0.646. The van der Waals surface area contributed by atoms with Crippen molar-refractivity contribution in [2.24, 2.45) is 0 Å². The molecule has 0 amide bonds. The average molecular weight is 229 g/mol. The molecule has 0 aromatic heterocycles. The lowest BCUT2D eigenvalue weighted by Crippen LogP contribution is -2.54. The highest BCUT2D eigenvalue weighted by molar-refractivity contribution is 5.79. The van der Waals surface area contributed by atoms with E-state index in [0.717, 1.165) is 32.2 Å². The summed E-state index contributed by atoms with van der Waals surface area (Å²) in [7, 11) is 1.66. The maximum absolute atomic E-state index is 11.6. The molecule has 1 rings (SSSR count). The molecule has 0 radical (unpaired) electrons. The number of nitrogens with zero attached hydrogens (tertiary/aromatic N) is 1. The Bertz CT molecular complexity index is 244. The number of rotatable bonds is 6. The van der Waals surface area contributed by atoms with Crippen molar-refractivity contribution in [1.29, 1.82) is 0 Å². The normalized spacial score (nSPS) is 28.2. The van der Waals surface area contributed by atoms with Crippen LogP contribution in [0.2, 0.25) is 0 Å². The Morgan fingerprint density at radius 2 is 2.31 bits per heavy atom. The SMILES string of the molecule is CCCC1(C(=O)O)CCCN1C(C)COC. The third-order valence-corrected chi connectivity index (χ3v) is 3.54. The van der Waals surface area contributed by atoms with Gasteiger partial charge in [-0.05, 0) is 32.7 Å². The average Bonchev–Trinajstić information content (AvgIpc) is 2.64. The van der Waals surface area contributed by atoms with Gasteiger partial charge in [0.2, 0.25) is 0 Å². The van der Waals surface area contributed by atoms with Gasteiger partial charge in [0.15, 0.2) is 0 Å². The molecule has 0 spiro atoms. The molecule has 2 atom stereocenters. The zero-order valence-corrected chi connectivity index (χ0v) is 10.5. The largest absolute Gasteiger partial charge is 0.480 e. The Labute approximate surface area is 97.6 Å². The van der Waals surface area contributed by atoms with Gasteiger partial charge in [0.25, 0.3) is 0 Å². The van der Waals surface area contributed by atoms with E-state index in [1.807, 2.05) is 13.8 Å². The number of carboxylic acid groups (broad SMARTS) is 1. The molecule has 4 heteroatoms. The first kappa shape index (κ1) is 13.5. The first-order valence-electron chi connectivity index (χ1n) is 6.07. The Morgan fingerprint density at radius 1 is 1.62 bits per heavy atom. The molecular formula is C12H23NO3. The van der Waals surface area contributed by atoms with Crippen LogP contribution in [0.4, 0.5) is 0 Å². The van der Waals surface area contributed by atoms with Crippen molar-refractivity contribution in [2.45, 2.75) is 51.1 Å². The van der Waals surface area contributed by atoms with E-state index >= 15 is 0 Å². The van der Waals surface area contributed by atoms with Gasteiger partial charge in [0.1, 0.15) is 5.54 Å². The first-order chi connectivity index (χ1) is 7.58. The van der Waals surface area contributed by atoms with Crippen molar-refractivity contribution in [3.8, 4) is 0 Å². The van der Waals surface area contributed by atoms with Gasteiger partial charge < -0.3 is 9.84 Å². The molecule has 2 unspecified atom stereocenters. The van der Waals surface area contributed by atoms with Crippen LogP contribution in [0.5, 0.6) is 0 Å².